The van der Waals surface area contributed by atoms with Gasteiger partial charge in [-0.3, -0.25) is 9.80 Å². The number of likely N-dealkylation sites (N-methyl/N-ethyl adjacent to an activating group) is 1. The molecule has 0 spiro atoms. The van der Waals surface area contributed by atoms with Crippen LogP contribution in [0.25, 0.3) is 0 Å². The van der Waals surface area contributed by atoms with Crippen LogP contribution < -0.4 is 10.6 Å². The van der Waals surface area contributed by atoms with Gasteiger partial charge >= 0.3 is 0 Å². The summed E-state index contributed by atoms with van der Waals surface area (Å²) >= 11 is 0. The summed E-state index contributed by atoms with van der Waals surface area (Å²) < 4.78 is 5.45. The number of nitrogens with zero attached hydrogens (tertiary/aromatic N) is 3. The van der Waals surface area contributed by atoms with Crippen molar-refractivity contribution in [3.05, 3.63) is 35.4 Å². The van der Waals surface area contributed by atoms with Crippen LogP contribution in [0.4, 0.5) is 0 Å². The van der Waals surface area contributed by atoms with E-state index in [0.717, 1.165) is 58.4 Å². The molecule has 1 aromatic carbocycles. The highest BCUT2D eigenvalue weighted by Gasteiger charge is 2.22. The van der Waals surface area contributed by atoms with Gasteiger partial charge in [-0.1, -0.05) is 31.2 Å². The summed E-state index contributed by atoms with van der Waals surface area (Å²) in [6.45, 7) is 14.0. The van der Waals surface area contributed by atoms with Crippen LogP contribution in [0.1, 0.15) is 37.8 Å². The van der Waals surface area contributed by atoms with Crippen molar-refractivity contribution in [2.75, 3.05) is 52.5 Å². The lowest BCUT2D eigenvalue weighted by Gasteiger charge is -2.26. The van der Waals surface area contributed by atoms with Gasteiger partial charge < -0.3 is 15.4 Å². The van der Waals surface area contributed by atoms with Gasteiger partial charge in [-0.05, 0) is 44.0 Å². The van der Waals surface area contributed by atoms with Gasteiger partial charge in [0, 0.05) is 38.8 Å². The number of ether oxygens (including phenoxy) is 1. The van der Waals surface area contributed by atoms with Gasteiger partial charge in [-0.25, -0.2) is 4.99 Å². The van der Waals surface area contributed by atoms with Crippen LogP contribution in [0.5, 0.6) is 0 Å². The fourth-order valence-corrected chi connectivity index (χ4v) is 4.11. The molecule has 0 radical (unpaired) electrons. The van der Waals surface area contributed by atoms with E-state index in [0.29, 0.717) is 12.6 Å². The zero-order valence-electron chi connectivity index (χ0n) is 18.0. The molecule has 164 valence electrons. The van der Waals surface area contributed by atoms with Gasteiger partial charge in [0.2, 0.25) is 0 Å². The van der Waals surface area contributed by atoms with Crippen molar-refractivity contribution < 1.29 is 4.74 Å². The van der Waals surface area contributed by atoms with Crippen LogP contribution in [0, 0.1) is 0 Å². The van der Waals surface area contributed by atoms with Gasteiger partial charge in [0.1, 0.15) is 0 Å². The molecule has 2 fully saturated rings. The Labute approximate surface area is 193 Å². The molecular weight excluding hydrogens is 477 g/mol. The van der Waals surface area contributed by atoms with Crippen molar-refractivity contribution in [2.24, 2.45) is 4.99 Å². The fourth-order valence-electron chi connectivity index (χ4n) is 4.11. The Morgan fingerprint density at radius 3 is 2.69 bits per heavy atom. The molecule has 1 aromatic rings. The second kappa shape index (κ2) is 13.4. The van der Waals surface area contributed by atoms with E-state index in [9.17, 15) is 0 Å². The summed E-state index contributed by atoms with van der Waals surface area (Å²) in [5.74, 6) is 0.920. The molecule has 2 N–H and O–H groups in total. The predicted molar refractivity (Wildman–Crippen MR) is 131 cm³/mol. The molecule has 29 heavy (non-hydrogen) atoms. The van der Waals surface area contributed by atoms with Crippen molar-refractivity contribution in [1.29, 1.82) is 0 Å². The maximum atomic E-state index is 5.45. The van der Waals surface area contributed by atoms with Crippen LogP contribution >= 0.6 is 24.0 Å². The topological polar surface area (TPSA) is 52.1 Å². The van der Waals surface area contributed by atoms with E-state index in [1.165, 1.54) is 30.5 Å². The number of halogens is 1. The second-order valence-corrected chi connectivity index (χ2v) is 7.71. The molecule has 0 saturated carbocycles. The van der Waals surface area contributed by atoms with E-state index in [2.05, 4.69) is 58.5 Å². The zero-order chi connectivity index (χ0) is 19.6. The Morgan fingerprint density at radius 1 is 1.14 bits per heavy atom. The third-order valence-electron chi connectivity index (χ3n) is 5.68. The lowest BCUT2D eigenvalue weighted by molar-refractivity contribution is 0.0342. The standard InChI is InChI=1S/C22H37N5O.HI/c1-3-23-22(25-17-21-9-6-10-27(21)4-2)24-16-19-7-5-8-20(15-19)18-26-11-13-28-14-12-26;/h5,7-8,15,21H,3-4,6,9-14,16-18H2,1-2H3,(H2,23,24,25);1H. The minimum absolute atomic E-state index is 0. The predicted octanol–water partition coefficient (Wildman–Crippen LogP) is 2.68. The van der Waals surface area contributed by atoms with Crippen LogP contribution in [-0.2, 0) is 17.8 Å². The molecule has 1 atom stereocenters. The zero-order valence-corrected chi connectivity index (χ0v) is 20.4. The monoisotopic (exact) mass is 515 g/mol. The van der Waals surface area contributed by atoms with Gasteiger partial charge in [-0.2, -0.15) is 0 Å². The van der Waals surface area contributed by atoms with E-state index < -0.39 is 0 Å². The molecule has 0 aliphatic carbocycles. The Kier molecular flexibility index (Phi) is 11.3. The molecule has 0 amide bonds. The third kappa shape index (κ3) is 8.03. The van der Waals surface area contributed by atoms with Crippen molar-refractivity contribution in [3.63, 3.8) is 0 Å². The van der Waals surface area contributed by atoms with Gasteiger partial charge in [0.25, 0.3) is 0 Å². The second-order valence-electron chi connectivity index (χ2n) is 7.71. The first-order valence-corrected chi connectivity index (χ1v) is 10.9. The SMILES string of the molecule is CCNC(=NCc1cccc(CN2CCOCC2)c1)NCC1CCCN1CC.I. The third-order valence-corrected chi connectivity index (χ3v) is 5.68. The molecule has 2 saturated heterocycles. The number of hydrogen-bond acceptors (Lipinski definition) is 4. The number of rotatable bonds is 8. The molecule has 6 nitrogen and oxygen atoms in total. The summed E-state index contributed by atoms with van der Waals surface area (Å²) in [5, 5.41) is 6.94. The van der Waals surface area contributed by atoms with Gasteiger partial charge in [-0.15, -0.1) is 24.0 Å². The largest absolute Gasteiger partial charge is 0.379 e. The highest BCUT2D eigenvalue weighted by Crippen LogP contribution is 2.15. The first-order chi connectivity index (χ1) is 13.8. The highest BCUT2D eigenvalue weighted by atomic mass is 127. The summed E-state index contributed by atoms with van der Waals surface area (Å²) in [6, 6.07) is 9.46. The van der Waals surface area contributed by atoms with Crippen molar-refractivity contribution in [1.82, 2.24) is 20.4 Å². The van der Waals surface area contributed by atoms with E-state index >= 15 is 0 Å². The number of aliphatic imine (C=N–C) groups is 1. The van der Waals surface area contributed by atoms with Crippen molar-refractivity contribution in [3.8, 4) is 0 Å². The molecule has 0 bridgehead atoms. The minimum atomic E-state index is 0. The Bertz CT molecular complexity index is 621. The number of hydrogen-bond donors (Lipinski definition) is 2. The summed E-state index contributed by atoms with van der Waals surface area (Å²) in [5.41, 5.74) is 2.62. The first-order valence-electron chi connectivity index (χ1n) is 10.9. The van der Waals surface area contributed by atoms with Crippen molar-refractivity contribution >= 4 is 29.9 Å². The summed E-state index contributed by atoms with van der Waals surface area (Å²) in [4.78, 5) is 9.84. The van der Waals surface area contributed by atoms with E-state index in [-0.39, 0.29) is 24.0 Å². The normalized spacial score (nSPS) is 21.0. The smallest absolute Gasteiger partial charge is 0.191 e. The molecule has 2 heterocycles. The van der Waals surface area contributed by atoms with Crippen LogP contribution in [0.15, 0.2) is 29.3 Å². The first kappa shape index (κ1) is 24.4. The molecule has 1 unspecified atom stereocenters. The van der Waals surface area contributed by atoms with E-state index in [1.807, 2.05) is 0 Å². The Balaban J connectivity index is 0.00000300. The van der Waals surface area contributed by atoms with Crippen LogP contribution in [0.3, 0.4) is 0 Å². The quantitative estimate of drug-likeness (QED) is 0.317. The van der Waals surface area contributed by atoms with E-state index in [1.54, 1.807) is 0 Å². The lowest BCUT2D eigenvalue weighted by Crippen LogP contribution is -2.44. The van der Waals surface area contributed by atoms with Crippen molar-refractivity contribution in [2.45, 2.75) is 45.8 Å². The number of likely N-dealkylation sites (tertiary alicyclic amines) is 1. The molecular formula is C22H38IN5O. The molecule has 2 aliphatic heterocycles. The average molecular weight is 515 g/mol. The van der Waals surface area contributed by atoms with E-state index in [4.69, 9.17) is 9.73 Å². The van der Waals surface area contributed by atoms with Crippen LogP contribution in [0.2, 0.25) is 0 Å². The van der Waals surface area contributed by atoms with Crippen LogP contribution in [-0.4, -0.2) is 74.3 Å². The lowest BCUT2D eigenvalue weighted by atomic mass is 10.1. The molecule has 2 aliphatic rings. The number of benzene rings is 1. The maximum absolute atomic E-state index is 5.45. The number of nitrogens with one attached hydrogen (secondary N) is 2. The van der Waals surface area contributed by atoms with Gasteiger partial charge in [0.05, 0.1) is 19.8 Å². The fraction of sp³-hybridized carbons (Fsp3) is 0.682. The highest BCUT2D eigenvalue weighted by molar-refractivity contribution is 14.0. The van der Waals surface area contributed by atoms with Gasteiger partial charge in [0.15, 0.2) is 5.96 Å². The summed E-state index contributed by atoms with van der Waals surface area (Å²) in [7, 11) is 0. The summed E-state index contributed by atoms with van der Waals surface area (Å²) in [6.07, 6.45) is 2.59. The Hall–Kier alpha value is -0.900. The maximum Gasteiger partial charge on any atom is 0.191 e. The average Bonchev–Trinajstić information content (AvgIpc) is 3.19. The number of morpholine rings is 1. The minimum Gasteiger partial charge on any atom is -0.379 e. The Morgan fingerprint density at radius 2 is 1.93 bits per heavy atom. The molecule has 3 rings (SSSR count). The molecule has 7 heteroatoms. The molecule has 0 aromatic heterocycles. The number of guanidine groups is 1.